The fourth-order valence-electron chi connectivity index (χ4n) is 3.46. The normalized spacial score (nSPS) is 11.3. The first-order chi connectivity index (χ1) is 17.0. The highest BCUT2D eigenvalue weighted by molar-refractivity contribution is 7.99. The van der Waals surface area contributed by atoms with Crippen LogP contribution in [0.1, 0.15) is 70.1 Å². The second-order valence-corrected chi connectivity index (χ2v) is 11.9. The first-order valence-electron chi connectivity index (χ1n) is 11.4. The Bertz CT molecular complexity index is 1270. The molecule has 3 heterocycles. The lowest BCUT2D eigenvalue weighted by Gasteiger charge is -2.13. The molecular formula is C24H31N5O4S3. The van der Waals surface area contributed by atoms with Crippen molar-refractivity contribution < 1.29 is 19.1 Å². The first kappa shape index (κ1) is 27.9. The summed E-state index contributed by atoms with van der Waals surface area (Å²) in [4.78, 5) is 40.9. The van der Waals surface area contributed by atoms with E-state index in [1.165, 1.54) is 28.6 Å². The molecule has 0 radical (unpaired) electrons. The third-order valence-electron chi connectivity index (χ3n) is 5.35. The van der Waals surface area contributed by atoms with Gasteiger partial charge in [0.25, 0.3) is 5.91 Å². The molecule has 2 amide bonds. The van der Waals surface area contributed by atoms with Crippen LogP contribution in [0.5, 0.6) is 0 Å². The van der Waals surface area contributed by atoms with Gasteiger partial charge in [0.05, 0.1) is 23.3 Å². The number of thioether (sulfide) groups is 1. The van der Waals surface area contributed by atoms with Crippen LogP contribution in [0.4, 0.5) is 5.00 Å². The maximum absolute atomic E-state index is 12.9. The van der Waals surface area contributed by atoms with Crippen LogP contribution in [0.15, 0.2) is 16.6 Å². The van der Waals surface area contributed by atoms with E-state index in [1.54, 1.807) is 32.4 Å². The van der Waals surface area contributed by atoms with Gasteiger partial charge in [0.15, 0.2) is 11.0 Å². The number of carbonyl (C=O) groups is 3. The number of amides is 2. The maximum atomic E-state index is 12.9. The van der Waals surface area contributed by atoms with Crippen LogP contribution >= 0.6 is 34.4 Å². The van der Waals surface area contributed by atoms with Gasteiger partial charge in [-0.2, -0.15) is 0 Å². The van der Waals surface area contributed by atoms with Crippen molar-refractivity contribution in [2.24, 2.45) is 0 Å². The number of esters is 1. The molecule has 3 aromatic rings. The Morgan fingerprint density at radius 3 is 2.44 bits per heavy atom. The zero-order valence-electron chi connectivity index (χ0n) is 21.7. The fourth-order valence-corrected chi connectivity index (χ4v) is 6.46. The van der Waals surface area contributed by atoms with Crippen LogP contribution in [-0.4, -0.2) is 64.4 Å². The highest BCUT2D eigenvalue weighted by Crippen LogP contribution is 2.35. The Morgan fingerprint density at radius 2 is 1.89 bits per heavy atom. The van der Waals surface area contributed by atoms with Crippen molar-refractivity contribution in [2.75, 3.05) is 32.3 Å². The van der Waals surface area contributed by atoms with Crippen molar-refractivity contribution in [1.82, 2.24) is 19.7 Å². The summed E-state index contributed by atoms with van der Waals surface area (Å²) in [7, 11) is 4.53. The Hall–Kier alpha value is -2.70. The molecule has 3 rings (SSSR count). The standard InChI is InChI=1S/C24H31N5O4S3/c1-12(2)16-9-15(10-34-16)20-26-27-24(29(20)13(3)4)35-11-17(30)25-21-18(23(32)33-8)14(5)19(36-21)22(31)28(6)7/h9-10,12-13H,11H2,1-8H3,(H,25,30). The summed E-state index contributed by atoms with van der Waals surface area (Å²) in [5.74, 6) is 0.0770. The molecule has 0 aliphatic rings. The quantitative estimate of drug-likeness (QED) is 0.285. The van der Waals surface area contributed by atoms with Crippen molar-refractivity contribution in [3.05, 3.63) is 32.3 Å². The summed E-state index contributed by atoms with van der Waals surface area (Å²) >= 11 is 4.03. The third kappa shape index (κ3) is 5.81. The van der Waals surface area contributed by atoms with Gasteiger partial charge in [-0.15, -0.1) is 32.9 Å². The van der Waals surface area contributed by atoms with Crippen LogP contribution in [0.2, 0.25) is 0 Å². The van der Waals surface area contributed by atoms with Crippen LogP contribution in [-0.2, 0) is 9.53 Å². The summed E-state index contributed by atoms with van der Waals surface area (Å²) in [5.41, 5.74) is 1.68. The summed E-state index contributed by atoms with van der Waals surface area (Å²) in [6, 6.07) is 2.23. The van der Waals surface area contributed by atoms with Gasteiger partial charge in [-0.05, 0) is 38.3 Å². The zero-order valence-corrected chi connectivity index (χ0v) is 24.1. The van der Waals surface area contributed by atoms with E-state index in [0.29, 0.717) is 26.5 Å². The van der Waals surface area contributed by atoms with E-state index < -0.39 is 5.97 Å². The molecule has 1 N–H and O–H groups in total. The lowest BCUT2D eigenvalue weighted by Crippen LogP contribution is -2.21. The van der Waals surface area contributed by atoms with Crippen molar-refractivity contribution in [3.8, 4) is 11.4 Å². The number of aromatic nitrogens is 3. The van der Waals surface area contributed by atoms with Gasteiger partial charge in [-0.3, -0.25) is 14.2 Å². The van der Waals surface area contributed by atoms with Gasteiger partial charge in [0.1, 0.15) is 5.00 Å². The van der Waals surface area contributed by atoms with E-state index in [2.05, 4.69) is 40.8 Å². The monoisotopic (exact) mass is 549 g/mol. The number of rotatable bonds is 9. The van der Waals surface area contributed by atoms with E-state index in [9.17, 15) is 14.4 Å². The van der Waals surface area contributed by atoms with Gasteiger partial charge < -0.3 is 15.0 Å². The molecule has 0 aliphatic carbocycles. The molecule has 0 bridgehead atoms. The van der Waals surface area contributed by atoms with Crippen molar-refractivity contribution >= 4 is 57.2 Å². The number of nitrogens with one attached hydrogen (secondary N) is 1. The molecule has 9 nitrogen and oxygen atoms in total. The summed E-state index contributed by atoms with van der Waals surface area (Å²) in [6.45, 7) is 10.1. The average Bonchev–Trinajstić information content (AvgIpc) is 3.53. The molecule has 0 fully saturated rings. The minimum atomic E-state index is -0.606. The van der Waals surface area contributed by atoms with E-state index in [1.807, 2.05) is 18.4 Å². The van der Waals surface area contributed by atoms with Crippen LogP contribution in [0.25, 0.3) is 11.4 Å². The molecule has 0 aromatic carbocycles. The molecule has 0 unspecified atom stereocenters. The number of nitrogens with zero attached hydrogens (tertiary/aromatic N) is 4. The van der Waals surface area contributed by atoms with Gasteiger partial charge >= 0.3 is 5.97 Å². The Labute approximate surface area is 223 Å². The van der Waals surface area contributed by atoms with Crippen molar-refractivity contribution in [3.63, 3.8) is 0 Å². The second kappa shape index (κ2) is 11.6. The number of methoxy groups -OCH3 is 1. The number of anilines is 1. The summed E-state index contributed by atoms with van der Waals surface area (Å²) in [5, 5.41) is 14.5. The molecule has 0 saturated heterocycles. The molecule has 12 heteroatoms. The number of hydrogen-bond donors (Lipinski definition) is 1. The number of ether oxygens (including phenoxy) is 1. The highest BCUT2D eigenvalue weighted by Gasteiger charge is 2.27. The third-order valence-corrected chi connectivity index (χ3v) is 8.72. The van der Waals surface area contributed by atoms with E-state index in [0.717, 1.165) is 22.7 Å². The highest BCUT2D eigenvalue weighted by atomic mass is 32.2. The van der Waals surface area contributed by atoms with Gasteiger partial charge in [-0.1, -0.05) is 25.6 Å². The molecule has 0 aliphatic heterocycles. The predicted molar refractivity (Wildman–Crippen MR) is 146 cm³/mol. The minimum Gasteiger partial charge on any atom is -0.465 e. The molecule has 0 saturated carbocycles. The van der Waals surface area contributed by atoms with Crippen LogP contribution in [0.3, 0.4) is 0 Å². The van der Waals surface area contributed by atoms with Crippen molar-refractivity contribution in [1.29, 1.82) is 0 Å². The molecule has 36 heavy (non-hydrogen) atoms. The average molecular weight is 550 g/mol. The molecule has 0 spiro atoms. The number of thiophene rings is 2. The van der Waals surface area contributed by atoms with Gasteiger partial charge in [-0.25, -0.2) is 4.79 Å². The number of hydrogen-bond acceptors (Lipinski definition) is 9. The molecule has 3 aromatic heterocycles. The summed E-state index contributed by atoms with van der Waals surface area (Å²) < 4.78 is 6.91. The Morgan fingerprint density at radius 1 is 1.19 bits per heavy atom. The van der Waals surface area contributed by atoms with E-state index in [4.69, 9.17) is 4.74 Å². The fraction of sp³-hybridized carbons (Fsp3) is 0.458. The lowest BCUT2D eigenvalue weighted by atomic mass is 10.1. The smallest absolute Gasteiger partial charge is 0.341 e. The summed E-state index contributed by atoms with van der Waals surface area (Å²) in [6.07, 6.45) is 0. The van der Waals surface area contributed by atoms with Crippen LogP contribution < -0.4 is 5.32 Å². The van der Waals surface area contributed by atoms with Crippen LogP contribution in [0, 0.1) is 6.92 Å². The van der Waals surface area contributed by atoms with Crippen molar-refractivity contribution in [2.45, 2.75) is 51.7 Å². The molecule has 0 atom stereocenters. The van der Waals surface area contributed by atoms with Gasteiger partial charge in [0.2, 0.25) is 5.91 Å². The Balaban J connectivity index is 1.81. The van der Waals surface area contributed by atoms with E-state index in [-0.39, 0.29) is 29.2 Å². The number of carbonyl (C=O) groups excluding carboxylic acids is 3. The minimum absolute atomic E-state index is 0.0558. The first-order valence-corrected chi connectivity index (χ1v) is 14.0. The second-order valence-electron chi connectivity index (χ2n) is 8.95. The largest absolute Gasteiger partial charge is 0.465 e. The topological polar surface area (TPSA) is 106 Å². The maximum Gasteiger partial charge on any atom is 0.341 e. The Kier molecular flexibility index (Phi) is 8.96. The lowest BCUT2D eigenvalue weighted by molar-refractivity contribution is -0.113. The van der Waals surface area contributed by atoms with Gasteiger partial charge in [0, 0.05) is 36.0 Å². The predicted octanol–water partition coefficient (Wildman–Crippen LogP) is 5.30. The molecule has 194 valence electrons. The molecular weight excluding hydrogens is 518 g/mol. The van der Waals surface area contributed by atoms with E-state index >= 15 is 0 Å². The zero-order chi connectivity index (χ0) is 26.7. The SMILES string of the molecule is COC(=O)c1c(NC(=O)CSc2nnc(-c3csc(C(C)C)c3)n2C(C)C)sc(C(=O)N(C)C)c1C.